The molecule has 3 aromatic carbocycles. The van der Waals surface area contributed by atoms with Crippen molar-refractivity contribution in [1.82, 2.24) is 15.2 Å². The molecule has 4 aromatic rings. The Kier molecular flexibility index (Phi) is 10.2. The number of rotatable bonds is 10. The molecule has 0 bridgehead atoms. The number of nitrogens with zero attached hydrogens (tertiary/aromatic N) is 2. The van der Waals surface area contributed by atoms with Gasteiger partial charge in [-0.1, -0.05) is 35.5 Å². The van der Waals surface area contributed by atoms with Gasteiger partial charge in [0.05, 0.1) is 45.8 Å². The van der Waals surface area contributed by atoms with E-state index in [1.165, 1.54) is 23.1 Å². The molecule has 3 amide bonds. The highest BCUT2D eigenvalue weighted by molar-refractivity contribution is 8.01. The number of hydrogen-bond acceptors (Lipinski definition) is 8. The van der Waals surface area contributed by atoms with Crippen LogP contribution in [0.4, 0.5) is 5.69 Å². The molecule has 2 unspecified atom stereocenters. The average molecular weight is 639 g/mol. The molecule has 9 nitrogen and oxygen atoms in total. The van der Waals surface area contributed by atoms with Crippen LogP contribution in [-0.4, -0.2) is 71.8 Å². The number of nitrogens with one attached hydrogen (secondary N) is 2. The summed E-state index contributed by atoms with van der Waals surface area (Å²) in [6.07, 6.45) is -0.143. The highest BCUT2D eigenvalue weighted by Crippen LogP contribution is 2.31. The third-order valence-electron chi connectivity index (χ3n) is 6.57. The Bertz CT molecular complexity index is 1600. The zero-order valence-corrected chi connectivity index (χ0v) is 26.1. The monoisotopic (exact) mass is 638 g/mol. The van der Waals surface area contributed by atoms with Crippen LogP contribution in [0, 0.1) is 0 Å². The third-order valence-corrected chi connectivity index (χ3v) is 8.98. The second-order valence-electron chi connectivity index (χ2n) is 10.1. The number of amides is 3. The van der Waals surface area contributed by atoms with Gasteiger partial charge in [-0.05, 0) is 68.4 Å². The number of hydrogen-bond donors (Lipinski definition) is 2. The number of halogens is 1. The van der Waals surface area contributed by atoms with Crippen LogP contribution >= 0.6 is 34.7 Å². The molecule has 1 aliphatic rings. The van der Waals surface area contributed by atoms with Crippen LogP contribution in [0.1, 0.15) is 34.6 Å². The minimum Gasteiger partial charge on any atom is -0.492 e. The van der Waals surface area contributed by atoms with Crippen LogP contribution in [0.15, 0.2) is 71.1 Å². The lowest BCUT2D eigenvalue weighted by molar-refractivity contribution is -0.118. The Morgan fingerprint density at radius 3 is 2.51 bits per heavy atom. The standard InChI is InChI=1S/C31H31ClN4O5S2/c1-19-16-36(17-20(2)41-19)30(39)25-6-4-3-5-24(25)29(38)34-22-9-12-26-27(15-22)43-31(35-26)42-18-28(37)33-13-14-40-23-10-7-21(32)8-11-23/h3-12,15,19-20H,13-14,16-18H2,1-2H3,(H,33,37)(H,34,38). The van der Waals surface area contributed by atoms with Crippen molar-refractivity contribution < 1.29 is 23.9 Å². The summed E-state index contributed by atoms with van der Waals surface area (Å²) in [5.41, 5.74) is 2.03. The Balaban J connectivity index is 1.15. The van der Waals surface area contributed by atoms with Crippen molar-refractivity contribution in [2.24, 2.45) is 0 Å². The Labute approximate surface area is 262 Å². The molecule has 1 saturated heterocycles. The lowest BCUT2D eigenvalue weighted by Gasteiger charge is -2.35. The number of carbonyl (C=O) groups excluding carboxylic acids is 3. The van der Waals surface area contributed by atoms with Gasteiger partial charge in [0.1, 0.15) is 12.4 Å². The maximum Gasteiger partial charge on any atom is 0.256 e. The van der Waals surface area contributed by atoms with E-state index in [2.05, 4.69) is 15.6 Å². The minimum absolute atomic E-state index is 0.0717. The first kappa shape index (κ1) is 30.8. The fourth-order valence-corrected chi connectivity index (χ4v) is 6.76. The highest BCUT2D eigenvalue weighted by Gasteiger charge is 2.28. The first-order valence-corrected chi connectivity index (χ1v) is 16.0. The van der Waals surface area contributed by atoms with Crippen molar-refractivity contribution in [1.29, 1.82) is 0 Å². The number of ether oxygens (including phenoxy) is 2. The Hall–Kier alpha value is -3.64. The summed E-state index contributed by atoms with van der Waals surface area (Å²) in [6.45, 7) is 5.54. The second-order valence-corrected chi connectivity index (χ2v) is 12.8. The zero-order valence-electron chi connectivity index (χ0n) is 23.7. The molecule has 1 fully saturated rings. The average Bonchev–Trinajstić information content (AvgIpc) is 3.40. The number of thioether (sulfide) groups is 1. The third kappa shape index (κ3) is 8.26. The number of aromatic nitrogens is 1. The van der Waals surface area contributed by atoms with Gasteiger partial charge in [-0.3, -0.25) is 14.4 Å². The summed E-state index contributed by atoms with van der Waals surface area (Å²) in [5, 5.41) is 6.40. The second kappa shape index (κ2) is 14.2. The number of thiazole rings is 1. The molecule has 12 heteroatoms. The molecule has 5 rings (SSSR count). The fraction of sp³-hybridized carbons (Fsp3) is 0.290. The van der Waals surface area contributed by atoms with Crippen molar-refractivity contribution in [3.63, 3.8) is 0 Å². The maximum absolute atomic E-state index is 13.3. The molecule has 0 spiro atoms. The van der Waals surface area contributed by atoms with Crippen molar-refractivity contribution in [2.75, 3.05) is 37.3 Å². The predicted molar refractivity (Wildman–Crippen MR) is 171 cm³/mol. The quantitative estimate of drug-likeness (QED) is 0.168. The summed E-state index contributed by atoms with van der Waals surface area (Å²) >= 11 is 8.66. The fourth-order valence-electron chi connectivity index (χ4n) is 4.69. The van der Waals surface area contributed by atoms with E-state index in [0.29, 0.717) is 53.8 Å². The lowest BCUT2D eigenvalue weighted by atomic mass is 10.0. The molecule has 1 aliphatic heterocycles. The number of fused-ring (bicyclic) bond motifs is 1. The molecule has 2 heterocycles. The smallest absolute Gasteiger partial charge is 0.256 e. The largest absolute Gasteiger partial charge is 0.492 e. The maximum atomic E-state index is 13.3. The molecular weight excluding hydrogens is 608 g/mol. The molecule has 2 N–H and O–H groups in total. The molecule has 1 aromatic heterocycles. The number of anilines is 1. The summed E-state index contributed by atoms with van der Waals surface area (Å²) in [7, 11) is 0. The van der Waals surface area contributed by atoms with Gasteiger partial charge in [0.15, 0.2) is 4.34 Å². The van der Waals surface area contributed by atoms with Crippen molar-refractivity contribution in [3.05, 3.63) is 82.9 Å². The molecule has 224 valence electrons. The Morgan fingerprint density at radius 2 is 1.77 bits per heavy atom. The summed E-state index contributed by atoms with van der Waals surface area (Å²) in [4.78, 5) is 45.3. The van der Waals surface area contributed by atoms with Gasteiger partial charge in [0.25, 0.3) is 11.8 Å². The normalized spacial score (nSPS) is 16.6. The minimum atomic E-state index is -0.367. The zero-order chi connectivity index (χ0) is 30.3. The van der Waals surface area contributed by atoms with Crippen LogP contribution < -0.4 is 15.4 Å². The van der Waals surface area contributed by atoms with Gasteiger partial charge in [0, 0.05) is 23.8 Å². The van der Waals surface area contributed by atoms with Crippen LogP contribution in [0.2, 0.25) is 5.02 Å². The van der Waals surface area contributed by atoms with Crippen LogP contribution in [0.25, 0.3) is 10.2 Å². The molecule has 0 radical (unpaired) electrons. The van der Waals surface area contributed by atoms with Gasteiger partial charge in [-0.25, -0.2) is 4.98 Å². The van der Waals surface area contributed by atoms with Crippen LogP contribution in [0.3, 0.4) is 0 Å². The molecule has 0 aliphatic carbocycles. The van der Waals surface area contributed by atoms with Crippen molar-refractivity contribution >= 4 is 68.3 Å². The number of carbonyl (C=O) groups is 3. The first-order valence-electron chi connectivity index (χ1n) is 13.8. The first-order chi connectivity index (χ1) is 20.7. The molecule has 43 heavy (non-hydrogen) atoms. The van der Waals surface area contributed by atoms with Gasteiger partial charge in [0.2, 0.25) is 5.91 Å². The van der Waals surface area contributed by atoms with Crippen LogP contribution in [0.5, 0.6) is 5.75 Å². The number of benzene rings is 3. The molecule has 2 atom stereocenters. The summed E-state index contributed by atoms with van der Waals surface area (Å²) in [5.74, 6) is 0.230. The predicted octanol–water partition coefficient (Wildman–Crippen LogP) is 5.74. The Morgan fingerprint density at radius 1 is 1.05 bits per heavy atom. The summed E-state index contributed by atoms with van der Waals surface area (Å²) in [6, 6.07) is 19.3. The number of morpholine rings is 1. The van der Waals surface area contributed by atoms with Gasteiger partial charge in [-0.15, -0.1) is 11.3 Å². The van der Waals surface area contributed by atoms with Crippen LogP contribution in [-0.2, 0) is 9.53 Å². The van der Waals surface area contributed by atoms with Gasteiger partial charge in [-0.2, -0.15) is 0 Å². The van der Waals surface area contributed by atoms with E-state index >= 15 is 0 Å². The van der Waals surface area contributed by atoms with E-state index in [1.807, 2.05) is 26.0 Å². The topological polar surface area (TPSA) is 110 Å². The van der Waals surface area contributed by atoms with E-state index in [1.54, 1.807) is 59.5 Å². The lowest BCUT2D eigenvalue weighted by Crippen LogP contribution is -2.48. The van der Waals surface area contributed by atoms with E-state index in [-0.39, 0.29) is 35.7 Å². The van der Waals surface area contributed by atoms with E-state index < -0.39 is 0 Å². The van der Waals surface area contributed by atoms with E-state index in [4.69, 9.17) is 21.1 Å². The molecule has 0 saturated carbocycles. The molecular formula is C31H31ClN4O5S2. The van der Waals surface area contributed by atoms with Crippen molar-refractivity contribution in [3.8, 4) is 5.75 Å². The SMILES string of the molecule is CC1CN(C(=O)c2ccccc2C(=O)Nc2ccc3nc(SCC(=O)NCCOc4ccc(Cl)cc4)sc3c2)CC(C)O1. The van der Waals surface area contributed by atoms with E-state index in [0.717, 1.165) is 14.6 Å². The van der Waals surface area contributed by atoms with Gasteiger partial charge < -0.3 is 25.0 Å². The summed E-state index contributed by atoms with van der Waals surface area (Å²) < 4.78 is 13.0. The van der Waals surface area contributed by atoms with Gasteiger partial charge >= 0.3 is 0 Å². The van der Waals surface area contributed by atoms with Crippen molar-refractivity contribution in [2.45, 2.75) is 30.4 Å². The van der Waals surface area contributed by atoms with E-state index in [9.17, 15) is 14.4 Å². The highest BCUT2D eigenvalue weighted by atomic mass is 35.5.